The zero-order chi connectivity index (χ0) is 60.4. The average Bonchev–Trinajstić information content (AvgIpc) is 1.41. The average molecular weight is 1280 g/mol. The fourth-order valence-electron chi connectivity index (χ4n) is 17.6. The van der Waals surface area contributed by atoms with Crippen LogP contribution in [0.5, 0.6) is 0 Å². The molecule has 9 nitrogen and oxygen atoms in total. The molecule has 0 radical (unpaired) electrons. The number of hydrogen-bond acceptors (Lipinski definition) is 9. The van der Waals surface area contributed by atoms with Gasteiger partial charge in [0, 0.05) is 39.8 Å². The van der Waals surface area contributed by atoms with Crippen molar-refractivity contribution in [3.05, 3.63) is 121 Å². The standard InChI is InChI=1S/C15H22F2O3.2C13H18F2O3.2C12H9FS.ClH.Na/c1-2-20-13(19)15(16,17)12(18)14-6-9-3-10(7-14)5-11(4-9)8-14;2*14-13(15,11(17)18)10(16)12-4-7-1-8(5-12)3-9(2-7)6-12;2*13-10-6-8-12(9-7-10)14-11-4-2-1-3-5-11;;/h9-12,18H,2-8H2,1H3;2*7-10,16H,1-6H2,(H,17,18);2*1-9H;1H;/q;;;;;;+1/p-1. The van der Waals surface area contributed by atoms with Gasteiger partial charge in [-0.3, -0.25) is 0 Å². The van der Waals surface area contributed by atoms with Gasteiger partial charge in [-0.15, -0.1) is 0 Å². The zero-order valence-corrected chi connectivity index (χ0v) is 52.9. The predicted molar refractivity (Wildman–Crippen MR) is 298 cm³/mol. The topological polar surface area (TPSA) is 167 Å². The van der Waals surface area contributed by atoms with Crippen LogP contribution in [0.25, 0.3) is 0 Å². The Hall–Kier alpha value is -3.40. The molecule has 12 saturated carbocycles. The number of carboxylic acids is 2. The molecule has 16 rings (SSSR count). The fourth-order valence-corrected chi connectivity index (χ4v) is 19.4. The van der Waals surface area contributed by atoms with Crippen LogP contribution < -0.4 is 52.2 Å². The third-order valence-corrected chi connectivity index (χ3v) is 22.0. The normalized spacial score (nSPS) is 31.2. The number of aliphatic carboxylic acids is 2. The van der Waals surface area contributed by atoms with Gasteiger partial charge in [0.15, 0.2) is 19.6 Å². The summed E-state index contributed by atoms with van der Waals surface area (Å²) >= 11 is 2.24. The summed E-state index contributed by atoms with van der Waals surface area (Å²) in [7, 11) is 0. The van der Waals surface area contributed by atoms with Gasteiger partial charge < -0.3 is 52.3 Å². The number of aliphatic hydroxyl groups excluding tert-OH is 3. The Kier molecular flexibility index (Phi) is 23.5. The molecule has 86 heavy (non-hydrogen) atoms. The minimum atomic E-state index is -4.13. The van der Waals surface area contributed by atoms with Gasteiger partial charge in [0.2, 0.25) is 0 Å². The maximum absolute atomic E-state index is 14.2. The molecule has 466 valence electrons. The second kappa shape index (κ2) is 28.8. The Labute approximate surface area is 534 Å². The van der Waals surface area contributed by atoms with Crippen molar-refractivity contribution < 1.29 is 122 Å². The van der Waals surface area contributed by atoms with E-state index in [4.69, 9.17) is 0 Å². The smallest absolute Gasteiger partial charge is 1.00 e. The van der Waals surface area contributed by atoms with Crippen LogP contribution in [0.4, 0.5) is 35.1 Å². The summed E-state index contributed by atoms with van der Waals surface area (Å²) in [6.45, 7) is 1.40. The molecule has 0 aliphatic heterocycles. The van der Waals surface area contributed by atoms with Crippen LogP contribution in [0.3, 0.4) is 0 Å². The number of halogens is 9. The van der Waals surface area contributed by atoms with E-state index in [0.29, 0.717) is 111 Å². The molecule has 3 N–H and O–H groups in total. The van der Waals surface area contributed by atoms with Crippen LogP contribution >= 0.6 is 0 Å². The summed E-state index contributed by atoms with van der Waals surface area (Å²) in [5, 5.41) is 51.2. The van der Waals surface area contributed by atoms with Crippen LogP contribution in [0, 0.1) is 81.1 Å². The molecule has 3 unspecified atom stereocenters. The summed E-state index contributed by atoms with van der Waals surface area (Å²) < 4.78 is 112. The minimum absolute atomic E-state index is 0. The summed E-state index contributed by atoms with van der Waals surface area (Å²) in [6.07, 6.45) is 8.76. The van der Waals surface area contributed by atoms with Crippen molar-refractivity contribution >= 4 is 41.4 Å². The van der Waals surface area contributed by atoms with Gasteiger partial charge in [0.05, 0.1) is 6.61 Å². The summed E-state index contributed by atoms with van der Waals surface area (Å²) in [4.78, 5) is 37.2. The third kappa shape index (κ3) is 16.0. The molecule has 0 heterocycles. The van der Waals surface area contributed by atoms with Gasteiger partial charge in [0.1, 0.15) is 41.9 Å². The van der Waals surface area contributed by atoms with Crippen LogP contribution in [0.1, 0.15) is 122 Å². The van der Waals surface area contributed by atoms with Crippen molar-refractivity contribution in [3.63, 3.8) is 0 Å². The van der Waals surface area contributed by atoms with Gasteiger partial charge in [0.25, 0.3) is 0 Å². The van der Waals surface area contributed by atoms with Crippen molar-refractivity contribution in [2.24, 2.45) is 69.5 Å². The van der Waals surface area contributed by atoms with E-state index in [9.17, 15) is 75.0 Å². The monoisotopic (exact) mass is 1270 g/mol. The van der Waals surface area contributed by atoms with E-state index in [1.807, 2.05) is 60.7 Å². The Bertz CT molecular complexity index is 2620. The number of esters is 1. The number of carbonyl (C=O) groups is 3. The van der Waals surface area contributed by atoms with Crippen LogP contribution in [0.15, 0.2) is 129 Å². The Balaban J connectivity index is 0.000000154. The van der Waals surface area contributed by atoms with Gasteiger partial charge in [-0.2, -0.15) is 26.3 Å². The van der Waals surface area contributed by atoms with Gasteiger partial charge in [-0.1, -0.05) is 36.4 Å². The van der Waals surface area contributed by atoms with E-state index in [1.54, 1.807) is 0 Å². The molecule has 21 heteroatoms. The summed E-state index contributed by atoms with van der Waals surface area (Å²) in [5.74, 6) is -15.2. The first kappa shape index (κ1) is 70.1. The molecule has 12 aliphatic rings. The quantitative estimate of drug-likeness (QED) is 0.0530. The van der Waals surface area contributed by atoms with Gasteiger partial charge in [-0.25, -0.2) is 13.6 Å². The maximum Gasteiger partial charge on any atom is 1.00 e. The van der Waals surface area contributed by atoms with Crippen molar-refractivity contribution in [1.82, 2.24) is 0 Å². The first-order chi connectivity index (χ1) is 39.7. The molecule has 3 atom stereocenters. The van der Waals surface area contributed by atoms with Crippen molar-refractivity contribution in [3.8, 4) is 0 Å². The number of ether oxygens (including phenoxy) is 1. The number of rotatable bonds is 14. The second-order valence-corrected chi connectivity index (χ2v) is 28.6. The van der Waals surface area contributed by atoms with E-state index in [0.717, 1.165) is 91.1 Å². The maximum atomic E-state index is 14.2. The molecule has 0 spiro atoms. The largest absolute Gasteiger partial charge is 1.00 e. The molecule has 0 aromatic heterocycles. The Morgan fingerprint density at radius 1 is 0.453 bits per heavy atom. The number of aliphatic hydroxyl groups is 3. The minimum Gasteiger partial charge on any atom is -1.00 e. The van der Waals surface area contributed by atoms with E-state index >= 15 is 0 Å². The number of hydrogen-bond donors (Lipinski definition) is 3. The number of alkyl halides is 6. The number of thiol groups is 2. The second-order valence-electron chi connectivity index (χ2n) is 26.1. The third-order valence-electron chi connectivity index (χ3n) is 19.8. The number of benzene rings is 4. The molecular formula is C65H76ClF8NaO9S2. The van der Waals surface area contributed by atoms with Crippen LogP contribution in [-0.4, -0.2) is 75.9 Å². The van der Waals surface area contributed by atoms with E-state index < -0.39 is 70.2 Å². The predicted octanol–water partition coefficient (Wildman–Crippen LogP) is 4.79. The molecule has 4 aromatic rings. The number of carbonyl (C=O) groups excluding carboxylic acids is 3. The molecule has 4 aromatic carbocycles. The van der Waals surface area contributed by atoms with Gasteiger partial charge >= 0.3 is 53.3 Å². The Morgan fingerprint density at radius 2 is 0.674 bits per heavy atom. The van der Waals surface area contributed by atoms with E-state index in [2.05, 4.69) is 29.0 Å². The van der Waals surface area contributed by atoms with Crippen molar-refractivity contribution in [2.45, 2.75) is 178 Å². The molecule has 0 amide bonds. The van der Waals surface area contributed by atoms with Crippen molar-refractivity contribution in [2.75, 3.05) is 6.61 Å². The molecule has 12 aliphatic carbocycles. The number of carboxylic acid groups (broad SMARTS) is 2. The van der Waals surface area contributed by atoms with Crippen LogP contribution in [-0.2, 0) is 42.6 Å². The first-order valence-electron chi connectivity index (χ1n) is 29.6. The summed E-state index contributed by atoms with van der Waals surface area (Å²) in [6, 6.07) is 33.4. The first-order valence-corrected chi connectivity index (χ1v) is 31.3. The molecular weight excluding hydrogens is 1200 g/mol. The zero-order valence-electron chi connectivity index (χ0n) is 48.3. The summed E-state index contributed by atoms with van der Waals surface area (Å²) in [5.41, 5.74) is -2.55. The van der Waals surface area contributed by atoms with E-state index in [-0.39, 0.29) is 60.2 Å². The van der Waals surface area contributed by atoms with Crippen LogP contribution in [0.2, 0.25) is 0 Å². The molecule has 0 saturated heterocycles. The van der Waals surface area contributed by atoms with E-state index in [1.165, 1.54) is 41.0 Å². The Morgan fingerprint density at radius 3 is 0.895 bits per heavy atom. The SMILES string of the molecule is CCOC(=O)C(F)(F)C(O)C12CC3CC(CC(C3)C1)C2.Fc1ccc([SH+]c2ccccc2)cc1.Fc1ccc([SH+]c2ccccc2)cc1.O=C([O-])C(F)(F)C(O)C12CC3CC(CC(C3)C1)C2.O=C([O-])C(F)(F)C(O)C12CC3CC(CC(C3)C1)C2.[Cl-].[Na+]. The fraction of sp³-hybridized carbons (Fsp3) is 0.585. The molecule has 12 bridgehead atoms. The van der Waals surface area contributed by atoms with Crippen molar-refractivity contribution in [1.29, 1.82) is 0 Å². The molecule has 12 fully saturated rings. The van der Waals surface area contributed by atoms with Gasteiger partial charge in [-0.05, 0) is 249 Å².